The quantitative estimate of drug-likeness (QED) is 0.822. The third-order valence-corrected chi connectivity index (χ3v) is 3.34. The summed E-state index contributed by atoms with van der Waals surface area (Å²) in [7, 11) is 0. The van der Waals surface area contributed by atoms with E-state index in [0.29, 0.717) is 25.1 Å². The molecule has 0 fully saturated rings. The van der Waals surface area contributed by atoms with E-state index in [9.17, 15) is 9.59 Å². The molecule has 0 radical (unpaired) electrons. The summed E-state index contributed by atoms with van der Waals surface area (Å²) in [6, 6.07) is 5.40. The third-order valence-electron chi connectivity index (χ3n) is 3.34. The van der Waals surface area contributed by atoms with Crippen LogP contribution in [0.1, 0.15) is 43.6 Å². The Balaban J connectivity index is 2.03. The van der Waals surface area contributed by atoms with Crippen LogP contribution in [-0.2, 0) is 15.9 Å². The average Bonchev–Trinajstić information content (AvgIpc) is 2.88. The lowest BCUT2D eigenvalue weighted by atomic mass is 10.1. The molecule has 0 saturated heterocycles. The summed E-state index contributed by atoms with van der Waals surface area (Å²) < 4.78 is 10.2. The molecular weight excluding hydrogens is 308 g/mol. The molecule has 6 nitrogen and oxygen atoms in total. The summed E-state index contributed by atoms with van der Waals surface area (Å²) in [6.45, 7) is 8.04. The van der Waals surface area contributed by atoms with Crippen molar-refractivity contribution in [3.05, 3.63) is 35.5 Å². The lowest BCUT2D eigenvalue weighted by Gasteiger charge is -2.19. The van der Waals surface area contributed by atoms with Crippen molar-refractivity contribution in [1.82, 2.24) is 10.3 Å². The van der Waals surface area contributed by atoms with Crippen molar-refractivity contribution >= 4 is 23.0 Å². The number of fused-ring (bicyclic) bond motifs is 1. The van der Waals surface area contributed by atoms with Crippen molar-refractivity contribution < 1.29 is 19.1 Å². The van der Waals surface area contributed by atoms with Gasteiger partial charge in [-0.3, -0.25) is 0 Å². The minimum atomic E-state index is -0.514. The van der Waals surface area contributed by atoms with Gasteiger partial charge < -0.3 is 19.8 Å². The average molecular weight is 332 g/mol. The monoisotopic (exact) mass is 332 g/mol. The van der Waals surface area contributed by atoms with Crippen LogP contribution in [0.3, 0.4) is 0 Å². The van der Waals surface area contributed by atoms with Crippen LogP contribution in [0, 0.1) is 0 Å². The molecule has 1 heterocycles. The number of benzene rings is 1. The van der Waals surface area contributed by atoms with Gasteiger partial charge in [-0.25, -0.2) is 9.59 Å². The maximum absolute atomic E-state index is 11.9. The molecular formula is C18H24N2O4. The fourth-order valence-electron chi connectivity index (χ4n) is 2.34. The van der Waals surface area contributed by atoms with Crippen LogP contribution in [0.5, 0.6) is 0 Å². The smallest absolute Gasteiger partial charge is 0.407 e. The van der Waals surface area contributed by atoms with Crippen LogP contribution in [0.4, 0.5) is 4.79 Å². The number of rotatable bonds is 5. The fraction of sp³-hybridized carbons (Fsp3) is 0.444. The number of hydrogen-bond donors (Lipinski definition) is 2. The van der Waals surface area contributed by atoms with Crippen LogP contribution in [0.25, 0.3) is 10.9 Å². The van der Waals surface area contributed by atoms with Gasteiger partial charge in [0.1, 0.15) is 5.60 Å². The first-order valence-corrected chi connectivity index (χ1v) is 8.04. The van der Waals surface area contributed by atoms with Crippen LogP contribution in [-0.4, -0.2) is 35.8 Å². The van der Waals surface area contributed by atoms with E-state index in [1.165, 1.54) is 0 Å². The molecule has 24 heavy (non-hydrogen) atoms. The van der Waals surface area contributed by atoms with E-state index in [-0.39, 0.29) is 5.97 Å². The molecule has 0 spiro atoms. The van der Waals surface area contributed by atoms with E-state index >= 15 is 0 Å². The molecule has 0 atom stereocenters. The zero-order valence-electron chi connectivity index (χ0n) is 14.6. The van der Waals surface area contributed by atoms with E-state index in [2.05, 4.69) is 10.3 Å². The fourth-order valence-corrected chi connectivity index (χ4v) is 2.34. The summed E-state index contributed by atoms with van der Waals surface area (Å²) in [5.41, 5.74) is 1.96. The van der Waals surface area contributed by atoms with Gasteiger partial charge in [-0.15, -0.1) is 0 Å². The first-order chi connectivity index (χ1) is 11.3. The van der Waals surface area contributed by atoms with Crippen molar-refractivity contribution in [3.8, 4) is 0 Å². The van der Waals surface area contributed by atoms with Gasteiger partial charge >= 0.3 is 12.1 Å². The van der Waals surface area contributed by atoms with Crippen LogP contribution in [0.15, 0.2) is 24.4 Å². The number of ether oxygens (including phenoxy) is 2. The van der Waals surface area contributed by atoms with E-state index in [1.54, 1.807) is 13.0 Å². The number of esters is 1. The van der Waals surface area contributed by atoms with Crippen LogP contribution in [0.2, 0.25) is 0 Å². The van der Waals surface area contributed by atoms with Crippen LogP contribution < -0.4 is 5.32 Å². The molecule has 0 unspecified atom stereocenters. The predicted octanol–water partition coefficient (Wildman–Crippen LogP) is 3.41. The Labute approximate surface area is 141 Å². The largest absolute Gasteiger partial charge is 0.462 e. The minimum absolute atomic E-state index is 0.335. The van der Waals surface area contributed by atoms with E-state index in [1.807, 2.05) is 39.1 Å². The van der Waals surface area contributed by atoms with E-state index in [0.717, 1.165) is 16.5 Å². The Kier molecular flexibility index (Phi) is 5.49. The summed E-state index contributed by atoms with van der Waals surface area (Å²) in [5.74, 6) is -0.335. The van der Waals surface area contributed by atoms with E-state index < -0.39 is 11.7 Å². The highest BCUT2D eigenvalue weighted by Crippen LogP contribution is 2.21. The number of aromatic amines is 1. The van der Waals surface area contributed by atoms with Gasteiger partial charge in [-0.2, -0.15) is 0 Å². The number of hydrogen-bond acceptors (Lipinski definition) is 4. The van der Waals surface area contributed by atoms with Crippen molar-refractivity contribution in [2.24, 2.45) is 0 Å². The van der Waals surface area contributed by atoms with Crippen molar-refractivity contribution in [2.75, 3.05) is 13.2 Å². The predicted molar refractivity (Wildman–Crippen MR) is 92.2 cm³/mol. The molecule has 0 aliphatic heterocycles. The number of carbonyl (C=O) groups excluding carboxylic acids is 2. The molecule has 2 N–H and O–H groups in total. The Morgan fingerprint density at radius 1 is 1.25 bits per heavy atom. The van der Waals surface area contributed by atoms with Gasteiger partial charge in [0.15, 0.2) is 0 Å². The number of carbonyl (C=O) groups is 2. The zero-order chi connectivity index (χ0) is 17.7. The standard InChI is InChI=1S/C18H24N2O4/c1-5-23-16(21)12-6-7-15-14(10-12)13(11-20-15)8-9-19-17(22)24-18(2,3)4/h6-7,10-11,20H,5,8-9H2,1-4H3,(H,19,22). The van der Waals surface area contributed by atoms with E-state index in [4.69, 9.17) is 9.47 Å². The molecule has 2 rings (SSSR count). The lowest BCUT2D eigenvalue weighted by Crippen LogP contribution is -2.33. The highest BCUT2D eigenvalue weighted by Gasteiger charge is 2.16. The van der Waals surface area contributed by atoms with Crippen LogP contribution >= 0.6 is 0 Å². The number of amides is 1. The SMILES string of the molecule is CCOC(=O)c1ccc2[nH]cc(CCNC(=O)OC(C)(C)C)c2c1. The molecule has 1 aromatic carbocycles. The molecule has 0 bridgehead atoms. The Morgan fingerprint density at radius 3 is 2.67 bits per heavy atom. The van der Waals surface area contributed by atoms with Gasteiger partial charge in [0.05, 0.1) is 12.2 Å². The maximum atomic E-state index is 11.9. The number of H-pyrrole nitrogens is 1. The zero-order valence-corrected chi connectivity index (χ0v) is 14.6. The molecule has 0 saturated carbocycles. The van der Waals surface area contributed by atoms with Gasteiger partial charge in [-0.05, 0) is 57.9 Å². The molecule has 2 aromatic rings. The second-order valence-corrected chi connectivity index (χ2v) is 6.47. The molecule has 6 heteroatoms. The second-order valence-electron chi connectivity index (χ2n) is 6.47. The highest BCUT2D eigenvalue weighted by atomic mass is 16.6. The van der Waals surface area contributed by atoms with Crippen molar-refractivity contribution in [1.29, 1.82) is 0 Å². The number of nitrogens with one attached hydrogen (secondary N) is 2. The molecule has 1 aromatic heterocycles. The van der Waals surface area contributed by atoms with Gasteiger partial charge in [-0.1, -0.05) is 0 Å². The molecule has 1 amide bonds. The summed E-state index contributed by atoms with van der Waals surface area (Å²) in [4.78, 5) is 26.7. The molecule has 0 aliphatic rings. The summed E-state index contributed by atoms with van der Waals surface area (Å²) in [6.07, 6.45) is 2.08. The Bertz CT molecular complexity index is 728. The Morgan fingerprint density at radius 2 is 2.00 bits per heavy atom. The Hall–Kier alpha value is -2.50. The van der Waals surface area contributed by atoms with Crippen molar-refractivity contribution in [3.63, 3.8) is 0 Å². The first-order valence-electron chi connectivity index (χ1n) is 8.04. The summed E-state index contributed by atoms with van der Waals surface area (Å²) >= 11 is 0. The van der Waals surface area contributed by atoms with Gasteiger partial charge in [0.25, 0.3) is 0 Å². The highest BCUT2D eigenvalue weighted by molar-refractivity contribution is 5.95. The first kappa shape index (κ1) is 17.8. The lowest BCUT2D eigenvalue weighted by molar-refractivity contribution is 0.0517. The van der Waals surface area contributed by atoms with Gasteiger partial charge in [0, 0.05) is 23.6 Å². The van der Waals surface area contributed by atoms with Crippen molar-refractivity contribution in [2.45, 2.75) is 39.7 Å². The minimum Gasteiger partial charge on any atom is -0.462 e. The normalized spacial score (nSPS) is 11.3. The topological polar surface area (TPSA) is 80.4 Å². The maximum Gasteiger partial charge on any atom is 0.407 e. The third kappa shape index (κ3) is 4.75. The second kappa shape index (κ2) is 7.38. The number of aromatic nitrogens is 1. The van der Waals surface area contributed by atoms with Gasteiger partial charge in [0.2, 0.25) is 0 Å². The molecule has 0 aliphatic carbocycles. The summed E-state index contributed by atoms with van der Waals surface area (Å²) in [5, 5.41) is 3.68. The molecule has 130 valence electrons. The number of alkyl carbamates (subject to hydrolysis) is 1.